The monoisotopic (exact) mass is 306 g/mol. The van der Waals surface area contributed by atoms with Gasteiger partial charge in [0.05, 0.1) is 11.8 Å². The van der Waals surface area contributed by atoms with Crippen molar-refractivity contribution < 1.29 is 18.7 Å². The van der Waals surface area contributed by atoms with Crippen molar-refractivity contribution in [1.82, 2.24) is 9.80 Å². The Hall–Kier alpha value is -1.82. The maximum atomic E-state index is 12.2. The number of nitrogens with zero attached hydrogens (tertiary/aromatic N) is 2. The summed E-state index contributed by atoms with van der Waals surface area (Å²) in [4.78, 5) is 28.0. The fourth-order valence-electron chi connectivity index (χ4n) is 2.84. The Bertz CT molecular complexity index is 502. The van der Waals surface area contributed by atoms with Crippen LogP contribution in [0.1, 0.15) is 29.6 Å². The largest absolute Gasteiger partial charge is 0.472 e. The van der Waals surface area contributed by atoms with Crippen molar-refractivity contribution in [3.63, 3.8) is 0 Å². The zero-order valence-corrected chi connectivity index (χ0v) is 12.7. The smallest absolute Gasteiger partial charge is 0.341 e. The van der Waals surface area contributed by atoms with E-state index >= 15 is 0 Å². The molecule has 1 aromatic heterocycles. The van der Waals surface area contributed by atoms with Gasteiger partial charge < -0.3 is 14.1 Å². The lowest BCUT2D eigenvalue weighted by atomic mass is 9.84. The highest BCUT2D eigenvalue weighted by molar-refractivity contribution is 5.88. The third kappa shape index (κ3) is 3.50. The predicted molar refractivity (Wildman–Crippen MR) is 79.4 cm³/mol. The van der Waals surface area contributed by atoms with Crippen LogP contribution in [0, 0.1) is 5.92 Å². The molecule has 1 aliphatic heterocycles. The van der Waals surface area contributed by atoms with Crippen molar-refractivity contribution in [3.05, 3.63) is 24.2 Å². The van der Waals surface area contributed by atoms with Crippen LogP contribution in [0.2, 0.25) is 0 Å². The van der Waals surface area contributed by atoms with Crippen LogP contribution in [-0.4, -0.2) is 61.0 Å². The normalized spacial score (nSPS) is 19.7. The number of carbonyl (C=O) groups is 2. The fourth-order valence-corrected chi connectivity index (χ4v) is 2.84. The number of hydrogen-bond acceptors (Lipinski definition) is 5. The molecule has 2 fully saturated rings. The molecule has 1 aliphatic carbocycles. The predicted octanol–water partition coefficient (Wildman–Crippen LogP) is 1.38. The summed E-state index contributed by atoms with van der Waals surface area (Å²) < 4.78 is 10.1. The van der Waals surface area contributed by atoms with Crippen molar-refractivity contribution in [2.75, 3.05) is 39.3 Å². The molecule has 0 spiro atoms. The third-order valence-corrected chi connectivity index (χ3v) is 4.54. The summed E-state index contributed by atoms with van der Waals surface area (Å²) in [7, 11) is 0. The van der Waals surface area contributed by atoms with E-state index < -0.39 is 0 Å². The van der Waals surface area contributed by atoms with Crippen molar-refractivity contribution in [3.8, 4) is 0 Å². The van der Waals surface area contributed by atoms with E-state index in [0.29, 0.717) is 24.6 Å². The van der Waals surface area contributed by atoms with Crippen LogP contribution in [0.25, 0.3) is 0 Å². The molecular formula is C16H22N2O4. The van der Waals surface area contributed by atoms with Gasteiger partial charge in [-0.25, -0.2) is 4.79 Å². The lowest BCUT2D eigenvalue weighted by Crippen LogP contribution is -2.51. The first-order valence-electron chi connectivity index (χ1n) is 7.94. The van der Waals surface area contributed by atoms with Gasteiger partial charge in [0.2, 0.25) is 5.91 Å². The molecule has 0 aromatic carbocycles. The molecule has 0 N–H and O–H groups in total. The van der Waals surface area contributed by atoms with Crippen molar-refractivity contribution >= 4 is 11.9 Å². The summed E-state index contributed by atoms with van der Waals surface area (Å²) in [6.45, 7) is 4.33. The second kappa shape index (κ2) is 6.96. The van der Waals surface area contributed by atoms with Gasteiger partial charge >= 0.3 is 5.97 Å². The summed E-state index contributed by atoms with van der Waals surface area (Å²) in [6.07, 6.45) is 6.15. The quantitative estimate of drug-likeness (QED) is 0.769. The number of amides is 1. The Morgan fingerprint density at radius 2 is 2.00 bits per heavy atom. The lowest BCUT2D eigenvalue weighted by molar-refractivity contribution is -0.140. The van der Waals surface area contributed by atoms with E-state index in [1.165, 1.54) is 18.9 Å². The number of rotatable bonds is 5. The molecule has 0 atom stereocenters. The fraction of sp³-hybridized carbons (Fsp3) is 0.625. The van der Waals surface area contributed by atoms with Gasteiger partial charge in [-0.3, -0.25) is 9.69 Å². The van der Waals surface area contributed by atoms with Gasteiger partial charge in [-0.15, -0.1) is 0 Å². The minimum Gasteiger partial charge on any atom is -0.472 e. The van der Waals surface area contributed by atoms with E-state index in [1.807, 2.05) is 4.90 Å². The summed E-state index contributed by atoms with van der Waals surface area (Å²) in [5, 5.41) is 0. The number of hydrogen-bond donors (Lipinski definition) is 0. The molecule has 2 aliphatic rings. The Labute approximate surface area is 130 Å². The van der Waals surface area contributed by atoms with Crippen LogP contribution < -0.4 is 0 Å². The van der Waals surface area contributed by atoms with E-state index in [4.69, 9.17) is 9.15 Å². The zero-order valence-electron chi connectivity index (χ0n) is 12.7. The number of furan rings is 1. The van der Waals surface area contributed by atoms with E-state index in [1.54, 1.807) is 6.07 Å². The number of ether oxygens (including phenoxy) is 1. The first-order chi connectivity index (χ1) is 10.7. The summed E-state index contributed by atoms with van der Waals surface area (Å²) in [5.41, 5.74) is 0.441. The standard InChI is InChI=1S/C16H22N2O4/c19-15(13-2-1-3-13)18-7-5-17(6-8-18)9-11-22-16(20)14-4-10-21-12-14/h4,10,12-13H,1-3,5-9,11H2. The Morgan fingerprint density at radius 3 is 2.59 bits per heavy atom. The second-order valence-corrected chi connectivity index (χ2v) is 5.94. The van der Waals surface area contributed by atoms with Crippen LogP contribution in [0.3, 0.4) is 0 Å². The van der Waals surface area contributed by atoms with Gasteiger partial charge in [0.25, 0.3) is 0 Å². The summed E-state index contributed by atoms with van der Waals surface area (Å²) >= 11 is 0. The molecule has 6 nitrogen and oxygen atoms in total. The Morgan fingerprint density at radius 1 is 1.23 bits per heavy atom. The highest BCUT2D eigenvalue weighted by Crippen LogP contribution is 2.28. The number of piperazine rings is 1. The summed E-state index contributed by atoms with van der Waals surface area (Å²) in [6, 6.07) is 1.59. The SMILES string of the molecule is O=C(OCCN1CCN(C(=O)C2CCC2)CC1)c1ccoc1. The number of carbonyl (C=O) groups excluding carboxylic acids is 2. The van der Waals surface area contributed by atoms with Crippen LogP contribution in [0.4, 0.5) is 0 Å². The molecule has 22 heavy (non-hydrogen) atoms. The lowest BCUT2D eigenvalue weighted by Gasteiger charge is -2.38. The van der Waals surface area contributed by atoms with Gasteiger partial charge in [0.1, 0.15) is 12.9 Å². The van der Waals surface area contributed by atoms with Gasteiger partial charge in [0, 0.05) is 38.6 Å². The Balaban J connectivity index is 1.34. The molecule has 1 aromatic rings. The zero-order chi connectivity index (χ0) is 15.4. The topological polar surface area (TPSA) is 63.0 Å². The molecule has 0 radical (unpaired) electrons. The maximum absolute atomic E-state index is 12.2. The molecule has 2 heterocycles. The number of esters is 1. The average molecular weight is 306 g/mol. The van der Waals surface area contributed by atoms with E-state index in [9.17, 15) is 9.59 Å². The molecule has 120 valence electrons. The first-order valence-corrected chi connectivity index (χ1v) is 7.94. The molecule has 6 heteroatoms. The third-order valence-electron chi connectivity index (χ3n) is 4.54. The Kier molecular flexibility index (Phi) is 4.77. The highest BCUT2D eigenvalue weighted by atomic mass is 16.5. The van der Waals surface area contributed by atoms with Gasteiger partial charge in [-0.2, -0.15) is 0 Å². The van der Waals surface area contributed by atoms with Crippen molar-refractivity contribution in [2.24, 2.45) is 5.92 Å². The molecular weight excluding hydrogens is 284 g/mol. The molecule has 0 unspecified atom stereocenters. The second-order valence-electron chi connectivity index (χ2n) is 5.94. The van der Waals surface area contributed by atoms with E-state index in [2.05, 4.69) is 4.90 Å². The van der Waals surface area contributed by atoms with E-state index in [-0.39, 0.29) is 11.9 Å². The molecule has 0 bridgehead atoms. The molecule has 1 saturated carbocycles. The maximum Gasteiger partial charge on any atom is 0.341 e. The van der Waals surface area contributed by atoms with Gasteiger partial charge in [-0.05, 0) is 18.9 Å². The molecule has 1 saturated heterocycles. The molecule has 1 amide bonds. The average Bonchev–Trinajstić information content (AvgIpc) is 3.00. The van der Waals surface area contributed by atoms with Gasteiger partial charge in [-0.1, -0.05) is 6.42 Å². The minimum atomic E-state index is -0.354. The van der Waals surface area contributed by atoms with Crippen LogP contribution in [0.5, 0.6) is 0 Å². The van der Waals surface area contributed by atoms with Crippen molar-refractivity contribution in [1.29, 1.82) is 0 Å². The first kappa shape index (κ1) is 15.1. The minimum absolute atomic E-state index is 0.280. The van der Waals surface area contributed by atoms with Crippen LogP contribution in [0.15, 0.2) is 23.0 Å². The van der Waals surface area contributed by atoms with Crippen molar-refractivity contribution in [2.45, 2.75) is 19.3 Å². The van der Waals surface area contributed by atoms with E-state index in [0.717, 1.165) is 39.0 Å². The summed E-state index contributed by atoms with van der Waals surface area (Å²) in [5.74, 6) is 0.257. The van der Waals surface area contributed by atoms with Crippen LogP contribution >= 0.6 is 0 Å². The van der Waals surface area contributed by atoms with Gasteiger partial charge in [0.15, 0.2) is 0 Å². The van der Waals surface area contributed by atoms with Crippen LogP contribution in [-0.2, 0) is 9.53 Å². The molecule has 3 rings (SSSR count). The highest BCUT2D eigenvalue weighted by Gasteiger charge is 2.31.